The van der Waals surface area contributed by atoms with Gasteiger partial charge in [-0.3, -0.25) is 0 Å². The summed E-state index contributed by atoms with van der Waals surface area (Å²) in [5.41, 5.74) is 5.40. The summed E-state index contributed by atoms with van der Waals surface area (Å²) in [5, 5.41) is 18.1. The number of fused-ring (bicyclic) bond motifs is 1. The van der Waals surface area contributed by atoms with Crippen molar-refractivity contribution in [2.45, 2.75) is 20.5 Å². The number of aliphatic hydroxyl groups is 1. The molecule has 2 N–H and O–H groups in total. The van der Waals surface area contributed by atoms with E-state index in [9.17, 15) is 5.11 Å². The highest BCUT2D eigenvalue weighted by molar-refractivity contribution is 6.33. The van der Waals surface area contributed by atoms with E-state index in [0.717, 1.165) is 28.3 Å². The van der Waals surface area contributed by atoms with Crippen LogP contribution in [0.15, 0.2) is 61.1 Å². The maximum Gasteiger partial charge on any atom is 0.161 e. The van der Waals surface area contributed by atoms with E-state index in [1.54, 1.807) is 11.0 Å². The summed E-state index contributed by atoms with van der Waals surface area (Å²) >= 11 is 6.42. The zero-order valence-electron chi connectivity index (χ0n) is 17.5. The Morgan fingerprint density at radius 2 is 1.88 bits per heavy atom. The van der Waals surface area contributed by atoms with Crippen molar-refractivity contribution < 1.29 is 5.11 Å². The van der Waals surface area contributed by atoms with Gasteiger partial charge in [-0.15, -0.1) is 0 Å². The molecule has 1 aromatic carbocycles. The van der Waals surface area contributed by atoms with E-state index in [-0.39, 0.29) is 6.61 Å². The molecule has 0 aliphatic heterocycles. The SMILES string of the molecule is Cc1ncn(-c2ccc(Nc3cccn4c(C)c(-c5ccccc5Cl)nc34)nc2CO)n1. The summed E-state index contributed by atoms with van der Waals surface area (Å²) in [5.74, 6) is 1.23. The largest absolute Gasteiger partial charge is 0.390 e. The van der Waals surface area contributed by atoms with Crippen LogP contribution in [0.5, 0.6) is 0 Å². The van der Waals surface area contributed by atoms with Crippen LogP contribution in [0.1, 0.15) is 17.2 Å². The van der Waals surface area contributed by atoms with Crippen LogP contribution in [0.2, 0.25) is 5.02 Å². The monoisotopic (exact) mass is 445 g/mol. The van der Waals surface area contributed by atoms with Crippen molar-refractivity contribution in [3.63, 3.8) is 0 Å². The van der Waals surface area contributed by atoms with Crippen molar-refractivity contribution in [1.29, 1.82) is 0 Å². The first-order chi connectivity index (χ1) is 15.5. The Bertz CT molecular complexity index is 1440. The number of hydrogen-bond acceptors (Lipinski definition) is 6. The van der Waals surface area contributed by atoms with Crippen LogP contribution in [0.4, 0.5) is 11.5 Å². The summed E-state index contributed by atoms with van der Waals surface area (Å²) in [7, 11) is 0. The molecule has 32 heavy (non-hydrogen) atoms. The van der Waals surface area contributed by atoms with Crippen molar-refractivity contribution >= 4 is 28.8 Å². The summed E-state index contributed by atoms with van der Waals surface area (Å²) < 4.78 is 3.62. The molecule has 0 saturated carbocycles. The van der Waals surface area contributed by atoms with Gasteiger partial charge in [-0.2, -0.15) is 5.10 Å². The summed E-state index contributed by atoms with van der Waals surface area (Å²) in [6.45, 7) is 3.59. The third-order valence-corrected chi connectivity index (χ3v) is 5.56. The molecule has 0 saturated heterocycles. The fraction of sp³-hybridized carbons (Fsp3) is 0.130. The molecule has 0 aliphatic rings. The highest BCUT2D eigenvalue weighted by Gasteiger charge is 2.16. The quantitative estimate of drug-likeness (QED) is 0.414. The third kappa shape index (κ3) is 3.49. The van der Waals surface area contributed by atoms with Crippen LogP contribution in [-0.2, 0) is 6.61 Å². The molecular weight excluding hydrogens is 426 g/mol. The Labute approximate surface area is 189 Å². The van der Waals surface area contributed by atoms with E-state index in [1.165, 1.54) is 0 Å². The molecule has 0 spiro atoms. The average molecular weight is 446 g/mol. The number of aryl methyl sites for hydroxylation is 2. The maximum atomic E-state index is 9.86. The summed E-state index contributed by atoms with van der Waals surface area (Å²) in [4.78, 5) is 13.6. The highest BCUT2D eigenvalue weighted by atomic mass is 35.5. The van der Waals surface area contributed by atoms with E-state index in [1.807, 2.05) is 73.0 Å². The van der Waals surface area contributed by atoms with E-state index in [4.69, 9.17) is 16.6 Å². The molecular formula is C23H20ClN7O. The minimum atomic E-state index is -0.229. The van der Waals surface area contributed by atoms with Crippen molar-refractivity contribution in [3.05, 3.63) is 83.3 Å². The first-order valence-electron chi connectivity index (χ1n) is 10.0. The van der Waals surface area contributed by atoms with Gasteiger partial charge in [0.25, 0.3) is 0 Å². The molecule has 4 heterocycles. The number of nitrogens with one attached hydrogen (secondary N) is 1. The van der Waals surface area contributed by atoms with Gasteiger partial charge in [-0.1, -0.05) is 29.8 Å². The lowest BCUT2D eigenvalue weighted by Crippen LogP contribution is -2.06. The molecule has 0 radical (unpaired) electrons. The molecule has 5 rings (SSSR count). The Kier molecular flexibility index (Phi) is 5.08. The van der Waals surface area contributed by atoms with E-state index in [2.05, 4.69) is 20.4 Å². The Morgan fingerprint density at radius 1 is 1.03 bits per heavy atom. The normalized spacial score (nSPS) is 11.2. The highest BCUT2D eigenvalue weighted by Crippen LogP contribution is 2.32. The molecule has 8 nitrogen and oxygen atoms in total. The number of halogens is 1. The van der Waals surface area contributed by atoms with Gasteiger partial charge in [0, 0.05) is 17.5 Å². The van der Waals surface area contributed by atoms with Gasteiger partial charge in [0.15, 0.2) is 5.65 Å². The van der Waals surface area contributed by atoms with Crippen molar-refractivity contribution in [2.75, 3.05) is 5.32 Å². The summed E-state index contributed by atoms with van der Waals surface area (Å²) in [6.07, 6.45) is 3.56. The molecule has 9 heteroatoms. The number of nitrogens with zero attached hydrogens (tertiary/aromatic N) is 6. The van der Waals surface area contributed by atoms with Crippen molar-refractivity contribution in [1.82, 2.24) is 29.1 Å². The lowest BCUT2D eigenvalue weighted by Gasteiger charge is -2.11. The number of imidazole rings is 1. The lowest BCUT2D eigenvalue weighted by atomic mass is 10.1. The number of pyridine rings is 2. The van der Waals surface area contributed by atoms with Gasteiger partial charge in [0.2, 0.25) is 0 Å². The second-order valence-electron chi connectivity index (χ2n) is 7.32. The van der Waals surface area contributed by atoms with Crippen LogP contribution in [-0.4, -0.2) is 34.2 Å². The standard InChI is InChI=1S/C23H20ClN7O/c1-14-22(16-6-3-4-7-17(16)24)28-23-18(8-5-11-30(14)23)26-21-10-9-20(19(12-32)27-21)31-13-25-15(2)29-31/h3-11,13,32H,12H2,1-2H3,(H,26,27). The zero-order valence-corrected chi connectivity index (χ0v) is 18.2. The number of aliphatic hydroxyl groups excluding tert-OH is 1. The minimum absolute atomic E-state index is 0.229. The Morgan fingerprint density at radius 3 is 2.62 bits per heavy atom. The molecule has 0 bridgehead atoms. The second-order valence-corrected chi connectivity index (χ2v) is 7.73. The van der Waals surface area contributed by atoms with Crippen LogP contribution < -0.4 is 5.32 Å². The third-order valence-electron chi connectivity index (χ3n) is 5.23. The van der Waals surface area contributed by atoms with Gasteiger partial charge in [0.05, 0.1) is 34.4 Å². The topological polar surface area (TPSA) is 93.2 Å². The molecule has 0 amide bonds. The fourth-order valence-electron chi connectivity index (χ4n) is 3.68. The van der Waals surface area contributed by atoms with Crippen LogP contribution in [0, 0.1) is 13.8 Å². The van der Waals surface area contributed by atoms with Crippen LogP contribution in [0.25, 0.3) is 22.6 Å². The predicted molar refractivity (Wildman–Crippen MR) is 123 cm³/mol. The van der Waals surface area contributed by atoms with E-state index in [0.29, 0.717) is 28.0 Å². The maximum absolute atomic E-state index is 9.86. The molecule has 0 aliphatic carbocycles. The number of aromatic nitrogens is 6. The molecule has 160 valence electrons. The first-order valence-corrected chi connectivity index (χ1v) is 10.4. The Hall–Kier alpha value is -3.75. The van der Waals surface area contributed by atoms with Gasteiger partial charge in [-0.05, 0) is 44.2 Å². The number of hydrogen-bond donors (Lipinski definition) is 2. The fourth-order valence-corrected chi connectivity index (χ4v) is 3.91. The number of benzene rings is 1. The molecule has 5 aromatic rings. The van der Waals surface area contributed by atoms with Crippen LogP contribution >= 0.6 is 11.6 Å². The first kappa shape index (κ1) is 20.2. The van der Waals surface area contributed by atoms with Gasteiger partial charge in [0.1, 0.15) is 18.0 Å². The van der Waals surface area contributed by atoms with Gasteiger partial charge in [-0.25, -0.2) is 19.6 Å². The number of rotatable bonds is 5. The smallest absolute Gasteiger partial charge is 0.161 e. The minimum Gasteiger partial charge on any atom is -0.390 e. The van der Waals surface area contributed by atoms with Gasteiger partial charge < -0.3 is 14.8 Å². The molecule has 0 fully saturated rings. The van der Waals surface area contributed by atoms with E-state index < -0.39 is 0 Å². The zero-order chi connectivity index (χ0) is 22.2. The van der Waals surface area contributed by atoms with Crippen molar-refractivity contribution in [3.8, 4) is 16.9 Å². The van der Waals surface area contributed by atoms with E-state index >= 15 is 0 Å². The molecule has 4 aromatic heterocycles. The number of anilines is 2. The van der Waals surface area contributed by atoms with Crippen molar-refractivity contribution in [2.24, 2.45) is 0 Å². The predicted octanol–water partition coefficient (Wildman–Crippen LogP) is 4.48. The average Bonchev–Trinajstić information content (AvgIpc) is 3.38. The van der Waals surface area contributed by atoms with Gasteiger partial charge >= 0.3 is 0 Å². The van der Waals surface area contributed by atoms with Crippen LogP contribution in [0.3, 0.4) is 0 Å². The second kappa shape index (κ2) is 8.07. The Balaban J connectivity index is 1.55. The summed E-state index contributed by atoms with van der Waals surface area (Å²) in [6, 6.07) is 15.2. The molecule has 0 unspecified atom stereocenters. The molecule has 0 atom stereocenters. The lowest BCUT2D eigenvalue weighted by molar-refractivity contribution is 0.276.